The normalized spacial score (nSPS) is 20.4. The van der Waals surface area contributed by atoms with Gasteiger partial charge < -0.3 is 10.4 Å². The topological polar surface area (TPSA) is 32.3 Å². The van der Waals surface area contributed by atoms with E-state index in [2.05, 4.69) is 11.4 Å². The van der Waals surface area contributed by atoms with Crippen LogP contribution in [-0.2, 0) is 5.75 Å². The van der Waals surface area contributed by atoms with Gasteiger partial charge in [-0.15, -0.1) is 0 Å². The Hall–Kier alpha value is -0.670. The molecule has 0 aromatic heterocycles. The molecule has 2 nitrogen and oxygen atoms in total. The fraction of sp³-hybridized carbons (Fsp3) is 0.455. The smallest absolute Gasteiger partial charge is 0.115 e. The van der Waals surface area contributed by atoms with Gasteiger partial charge in [-0.3, -0.25) is 0 Å². The highest BCUT2D eigenvalue weighted by Gasteiger charge is 2.15. The molecule has 1 atom stereocenters. The number of aromatic hydroxyl groups is 1. The SMILES string of the molecule is Oc1cccc(CSCC2CCN2)c1. The highest BCUT2D eigenvalue weighted by molar-refractivity contribution is 7.98. The van der Waals surface area contributed by atoms with Crippen molar-refractivity contribution in [3.05, 3.63) is 29.8 Å². The summed E-state index contributed by atoms with van der Waals surface area (Å²) < 4.78 is 0. The third-order valence-electron chi connectivity index (χ3n) is 2.42. The molecule has 1 aliphatic heterocycles. The van der Waals surface area contributed by atoms with Crippen LogP contribution in [0.5, 0.6) is 5.75 Å². The van der Waals surface area contributed by atoms with Gasteiger partial charge in [0.25, 0.3) is 0 Å². The van der Waals surface area contributed by atoms with E-state index in [1.54, 1.807) is 6.07 Å². The molecule has 0 bridgehead atoms. The molecule has 0 radical (unpaired) electrons. The maximum absolute atomic E-state index is 9.26. The van der Waals surface area contributed by atoms with E-state index in [9.17, 15) is 5.11 Å². The summed E-state index contributed by atoms with van der Waals surface area (Å²) in [4.78, 5) is 0. The van der Waals surface area contributed by atoms with Crippen LogP contribution in [0, 0.1) is 0 Å². The van der Waals surface area contributed by atoms with Gasteiger partial charge in [-0.2, -0.15) is 11.8 Å². The van der Waals surface area contributed by atoms with Crippen LogP contribution in [-0.4, -0.2) is 23.4 Å². The molecule has 0 spiro atoms. The summed E-state index contributed by atoms with van der Waals surface area (Å²) in [6.45, 7) is 1.18. The summed E-state index contributed by atoms with van der Waals surface area (Å²) in [5.41, 5.74) is 1.20. The van der Waals surface area contributed by atoms with Crippen molar-refractivity contribution in [2.75, 3.05) is 12.3 Å². The number of rotatable bonds is 4. The summed E-state index contributed by atoms with van der Waals surface area (Å²) in [5, 5.41) is 12.6. The van der Waals surface area contributed by atoms with Gasteiger partial charge in [0.1, 0.15) is 5.75 Å². The number of hydrogen-bond donors (Lipinski definition) is 2. The molecule has 0 amide bonds. The summed E-state index contributed by atoms with van der Waals surface area (Å²) in [5.74, 6) is 2.53. The first-order valence-corrected chi connectivity index (χ1v) is 6.09. The van der Waals surface area contributed by atoms with Crippen LogP contribution in [0.3, 0.4) is 0 Å². The van der Waals surface area contributed by atoms with Gasteiger partial charge in [0.15, 0.2) is 0 Å². The van der Waals surface area contributed by atoms with Crippen LogP contribution in [0.25, 0.3) is 0 Å². The monoisotopic (exact) mass is 209 g/mol. The molecule has 1 fully saturated rings. The lowest BCUT2D eigenvalue weighted by Gasteiger charge is -2.27. The number of phenolic OH excluding ortho intramolecular Hbond substituents is 1. The zero-order valence-corrected chi connectivity index (χ0v) is 8.89. The molecule has 76 valence electrons. The Morgan fingerprint density at radius 1 is 1.50 bits per heavy atom. The van der Waals surface area contributed by atoms with Gasteiger partial charge in [0.05, 0.1) is 0 Å². The maximum Gasteiger partial charge on any atom is 0.115 e. The minimum absolute atomic E-state index is 0.366. The van der Waals surface area contributed by atoms with E-state index in [1.807, 2.05) is 23.9 Å². The Bertz CT molecular complexity index is 299. The molecular weight excluding hydrogens is 194 g/mol. The summed E-state index contributed by atoms with van der Waals surface area (Å²) in [6, 6.07) is 8.22. The Morgan fingerprint density at radius 2 is 2.36 bits per heavy atom. The first-order valence-electron chi connectivity index (χ1n) is 4.93. The van der Waals surface area contributed by atoms with Crippen molar-refractivity contribution >= 4 is 11.8 Å². The van der Waals surface area contributed by atoms with Crippen LogP contribution in [0.2, 0.25) is 0 Å². The molecule has 1 saturated heterocycles. The Morgan fingerprint density at radius 3 is 3.00 bits per heavy atom. The zero-order valence-electron chi connectivity index (χ0n) is 8.07. The molecule has 2 N–H and O–H groups in total. The predicted octanol–water partition coefficient (Wildman–Crippen LogP) is 1.99. The molecule has 1 aliphatic rings. The molecule has 0 aliphatic carbocycles. The Balaban J connectivity index is 1.74. The lowest BCUT2D eigenvalue weighted by molar-refractivity contribution is 0.405. The minimum atomic E-state index is 0.366. The molecule has 1 aromatic rings. The number of benzene rings is 1. The van der Waals surface area contributed by atoms with Crippen molar-refractivity contribution in [1.29, 1.82) is 0 Å². The van der Waals surface area contributed by atoms with Crippen molar-refractivity contribution < 1.29 is 5.11 Å². The quantitative estimate of drug-likeness (QED) is 0.795. The van der Waals surface area contributed by atoms with Crippen molar-refractivity contribution in [3.63, 3.8) is 0 Å². The van der Waals surface area contributed by atoms with Gasteiger partial charge in [0.2, 0.25) is 0 Å². The van der Waals surface area contributed by atoms with Crippen LogP contribution in [0.15, 0.2) is 24.3 Å². The van der Waals surface area contributed by atoms with Gasteiger partial charge in [-0.1, -0.05) is 12.1 Å². The number of nitrogens with one attached hydrogen (secondary N) is 1. The third-order valence-corrected chi connectivity index (χ3v) is 3.60. The highest BCUT2D eigenvalue weighted by Crippen LogP contribution is 2.19. The molecular formula is C11H15NOS. The average Bonchev–Trinajstić information content (AvgIpc) is 2.09. The van der Waals surface area contributed by atoms with Crippen molar-refractivity contribution in [2.45, 2.75) is 18.2 Å². The molecule has 1 unspecified atom stereocenters. The summed E-state index contributed by atoms with van der Waals surface area (Å²) in [7, 11) is 0. The van der Waals surface area contributed by atoms with Crippen molar-refractivity contribution in [3.8, 4) is 5.75 Å². The predicted molar refractivity (Wildman–Crippen MR) is 60.7 cm³/mol. The second kappa shape index (κ2) is 4.71. The second-order valence-corrected chi connectivity index (χ2v) is 4.66. The number of phenols is 1. The van der Waals surface area contributed by atoms with Gasteiger partial charge in [0, 0.05) is 17.5 Å². The first-order chi connectivity index (χ1) is 6.84. The second-order valence-electron chi connectivity index (χ2n) is 3.62. The van der Waals surface area contributed by atoms with Crippen molar-refractivity contribution in [1.82, 2.24) is 5.32 Å². The van der Waals surface area contributed by atoms with Gasteiger partial charge in [-0.05, 0) is 30.7 Å². The van der Waals surface area contributed by atoms with Crippen LogP contribution in [0.4, 0.5) is 0 Å². The molecule has 3 heteroatoms. The zero-order chi connectivity index (χ0) is 9.80. The van der Waals surface area contributed by atoms with Crippen LogP contribution in [0.1, 0.15) is 12.0 Å². The Labute approximate surface area is 88.7 Å². The number of thioether (sulfide) groups is 1. The first kappa shape index (κ1) is 9.87. The largest absolute Gasteiger partial charge is 0.508 e. The lowest BCUT2D eigenvalue weighted by Crippen LogP contribution is -2.44. The standard InChI is InChI=1S/C11H15NOS/c13-11-3-1-2-9(6-11)7-14-8-10-4-5-12-10/h1-3,6,10,12-13H,4-5,7-8H2. The van der Waals surface area contributed by atoms with E-state index in [4.69, 9.17) is 0 Å². The van der Waals surface area contributed by atoms with E-state index in [0.717, 1.165) is 11.8 Å². The Kier molecular flexibility index (Phi) is 3.32. The molecule has 2 rings (SSSR count). The summed E-state index contributed by atoms with van der Waals surface area (Å²) in [6.07, 6.45) is 1.31. The van der Waals surface area contributed by atoms with E-state index >= 15 is 0 Å². The van der Waals surface area contributed by atoms with E-state index < -0.39 is 0 Å². The van der Waals surface area contributed by atoms with Crippen LogP contribution >= 0.6 is 11.8 Å². The van der Waals surface area contributed by atoms with E-state index in [-0.39, 0.29) is 0 Å². The average molecular weight is 209 g/mol. The van der Waals surface area contributed by atoms with Gasteiger partial charge in [-0.25, -0.2) is 0 Å². The molecule has 1 aromatic carbocycles. The third kappa shape index (κ3) is 2.66. The molecule has 1 heterocycles. The summed E-state index contributed by atoms with van der Waals surface area (Å²) >= 11 is 1.93. The lowest BCUT2D eigenvalue weighted by atomic mass is 10.1. The van der Waals surface area contributed by atoms with Crippen LogP contribution < -0.4 is 5.32 Å². The highest BCUT2D eigenvalue weighted by atomic mass is 32.2. The van der Waals surface area contributed by atoms with E-state index in [1.165, 1.54) is 24.3 Å². The number of hydrogen-bond acceptors (Lipinski definition) is 3. The van der Waals surface area contributed by atoms with E-state index in [0.29, 0.717) is 5.75 Å². The fourth-order valence-corrected chi connectivity index (χ4v) is 2.56. The maximum atomic E-state index is 9.26. The molecule has 14 heavy (non-hydrogen) atoms. The minimum Gasteiger partial charge on any atom is -0.508 e. The molecule has 0 saturated carbocycles. The fourth-order valence-electron chi connectivity index (χ4n) is 1.46. The van der Waals surface area contributed by atoms with Crippen molar-refractivity contribution in [2.24, 2.45) is 0 Å². The van der Waals surface area contributed by atoms with Gasteiger partial charge >= 0.3 is 0 Å².